The number of aliphatic hydroxyl groups is 1. The van der Waals surface area contributed by atoms with E-state index < -0.39 is 6.10 Å². The molecule has 1 rings (SSSR count). The second kappa shape index (κ2) is 5.46. The maximum atomic E-state index is 9.68. The highest BCUT2D eigenvalue weighted by Gasteiger charge is 2.12. The van der Waals surface area contributed by atoms with Crippen molar-refractivity contribution < 1.29 is 9.84 Å². The summed E-state index contributed by atoms with van der Waals surface area (Å²) in [5.74, 6) is 0.514. The lowest BCUT2D eigenvalue weighted by Gasteiger charge is -2.12. The third kappa shape index (κ3) is 3.02. The molecule has 80 valence electrons. The first-order chi connectivity index (χ1) is 7.19. The Kier molecular flexibility index (Phi) is 4.24. The van der Waals surface area contributed by atoms with Crippen LogP contribution in [0.25, 0.3) is 10.4 Å². The van der Waals surface area contributed by atoms with Crippen LogP contribution in [-0.4, -0.2) is 18.8 Å². The van der Waals surface area contributed by atoms with Crippen molar-refractivity contribution in [2.45, 2.75) is 6.10 Å². The molecule has 0 aliphatic heterocycles. The van der Waals surface area contributed by atoms with Gasteiger partial charge in [-0.25, -0.2) is 0 Å². The van der Waals surface area contributed by atoms with Gasteiger partial charge in [-0.3, -0.25) is 0 Å². The molecule has 0 saturated heterocycles. The number of halogens is 1. The van der Waals surface area contributed by atoms with Crippen LogP contribution in [0.2, 0.25) is 5.02 Å². The van der Waals surface area contributed by atoms with Gasteiger partial charge in [0.2, 0.25) is 0 Å². The maximum absolute atomic E-state index is 9.68. The fourth-order valence-electron chi connectivity index (χ4n) is 1.18. The van der Waals surface area contributed by atoms with E-state index in [9.17, 15) is 5.11 Å². The Bertz CT molecular complexity index is 391. The van der Waals surface area contributed by atoms with Gasteiger partial charge in [0.25, 0.3) is 0 Å². The summed E-state index contributed by atoms with van der Waals surface area (Å²) in [6.07, 6.45) is -0.908. The quantitative estimate of drug-likeness (QED) is 0.488. The van der Waals surface area contributed by atoms with E-state index in [1.807, 2.05) is 0 Å². The highest BCUT2D eigenvalue weighted by atomic mass is 35.5. The second-order valence-corrected chi connectivity index (χ2v) is 3.25. The third-order valence-corrected chi connectivity index (χ3v) is 2.10. The minimum atomic E-state index is -0.908. The lowest BCUT2D eigenvalue weighted by atomic mass is 10.1. The molecular formula is C9H10ClN3O2. The predicted molar refractivity (Wildman–Crippen MR) is 57.0 cm³/mol. The number of aliphatic hydroxyl groups excluding tert-OH is 1. The Hall–Kier alpha value is -1.42. The van der Waals surface area contributed by atoms with Crippen molar-refractivity contribution in [1.82, 2.24) is 0 Å². The Balaban J connectivity index is 2.99. The zero-order chi connectivity index (χ0) is 11.3. The molecule has 0 spiro atoms. The Morgan fingerprint density at radius 2 is 2.40 bits per heavy atom. The van der Waals surface area contributed by atoms with Crippen LogP contribution in [0.5, 0.6) is 5.75 Å². The first-order valence-electron chi connectivity index (χ1n) is 4.21. The van der Waals surface area contributed by atoms with Gasteiger partial charge in [-0.1, -0.05) is 16.7 Å². The van der Waals surface area contributed by atoms with Gasteiger partial charge in [-0.2, -0.15) is 0 Å². The molecule has 5 nitrogen and oxygen atoms in total. The fourth-order valence-corrected chi connectivity index (χ4v) is 1.36. The summed E-state index contributed by atoms with van der Waals surface area (Å²) in [5.41, 5.74) is 8.64. The van der Waals surface area contributed by atoms with E-state index in [-0.39, 0.29) is 6.54 Å². The van der Waals surface area contributed by atoms with Crippen molar-refractivity contribution in [1.29, 1.82) is 0 Å². The van der Waals surface area contributed by atoms with Gasteiger partial charge in [0.1, 0.15) is 5.75 Å². The lowest BCUT2D eigenvalue weighted by Crippen LogP contribution is -2.03. The molecule has 0 fully saturated rings. The summed E-state index contributed by atoms with van der Waals surface area (Å²) in [4.78, 5) is 2.57. The normalized spacial score (nSPS) is 11.7. The number of benzene rings is 1. The van der Waals surface area contributed by atoms with E-state index in [2.05, 4.69) is 10.0 Å². The summed E-state index contributed by atoms with van der Waals surface area (Å²) in [5, 5.41) is 13.5. The molecule has 1 unspecified atom stereocenters. The van der Waals surface area contributed by atoms with Gasteiger partial charge in [0, 0.05) is 15.5 Å². The monoisotopic (exact) mass is 227 g/mol. The van der Waals surface area contributed by atoms with Gasteiger partial charge >= 0.3 is 0 Å². The molecule has 1 aromatic carbocycles. The van der Waals surface area contributed by atoms with Crippen LogP contribution in [0.3, 0.4) is 0 Å². The molecule has 0 radical (unpaired) electrons. The molecular weight excluding hydrogens is 218 g/mol. The van der Waals surface area contributed by atoms with Gasteiger partial charge < -0.3 is 9.84 Å². The summed E-state index contributed by atoms with van der Waals surface area (Å²) >= 11 is 5.78. The second-order valence-electron chi connectivity index (χ2n) is 2.82. The zero-order valence-electron chi connectivity index (χ0n) is 8.09. The van der Waals surface area contributed by atoms with Crippen molar-refractivity contribution in [2.75, 3.05) is 13.7 Å². The predicted octanol–water partition coefficient (Wildman–Crippen LogP) is 2.69. The largest absolute Gasteiger partial charge is 0.496 e. The first-order valence-corrected chi connectivity index (χ1v) is 4.59. The van der Waals surface area contributed by atoms with Gasteiger partial charge in [0.05, 0.1) is 19.8 Å². The molecule has 0 aromatic heterocycles. The molecule has 6 heteroatoms. The van der Waals surface area contributed by atoms with E-state index in [4.69, 9.17) is 21.9 Å². The number of rotatable bonds is 4. The highest BCUT2D eigenvalue weighted by molar-refractivity contribution is 6.30. The van der Waals surface area contributed by atoms with Gasteiger partial charge in [-0.05, 0) is 23.7 Å². The van der Waals surface area contributed by atoms with Gasteiger partial charge in [-0.15, -0.1) is 0 Å². The van der Waals surface area contributed by atoms with Crippen molar-refractivity contribution in [3.63, 3.8) is 0 Å². The van der Waals surface area contributed by atoms with E-state index in [1.165, 1.54) is 7.11 Å². The number of hydrogen-bond donors (Lipinski definition) is 1. The lowest BCUT2D eigenvalue weighted by molar-refractivity contribution is 0.182. The van der Waals surface area contributed by atoms with E-state index in [1.54, 1.807) is 18.2 Å². The third-order valence-electron chi connectivity index (χ3n) is 1.87. The molecule has 0 heterocycles. The molecule has 0 aliphatic carbocycles. The SMILES string of the molecule is COc1ccc(Cl)cc1C(O)CN=[N+]=[N-]. The highest BCUT2D eigenvalue weighted by Crippen LogP contribution is 2.28. The van der Waals surface area contributed by atoms with Crippen LogP contribution >= 0.6 is 11.6 Å². The van der Waals surface area contributed by atoms with Crippen molar-refractivity contribution in [3.05, 3.63) is 39.2 Å². The molecule has 0 saturated carbocycles. The summed E-state index contributed by atoms with van der Waals surface area (Å²) < 4.78 is 5.05. The Morgan fingerprint density at radius 1 is 1.67 bits per heavy atom. The Morgan fingerprint density at radius 3 is 3.00 bits per heavy atom. The van der Waals surface area contributed by atoms with Crippen LogP contribution in [0, 0.1) is 0 Å². The Labute approximate surface area is 91.9 Å². The molecule has 1 aromatic rings. The smallest absolute Gasteiger partial charge is 0.124 e. The fraction of sp³-hybridized carbons (Fsp3) is 0.333. The number of ether oxygens (including phenoxy) is 1. The summed E-state index contributed by atoms with van der Waals surface area (Å²) in [6, 6.07) is 4.89. The van der Waals surface area contributed by atoms with E-state index in [0.717, 1.165) is 0 Å². The number of azide groups is 1. The molecule has 1 N–H and O–H groups in total. The molecule has 0 aliphatic rings. The van der Waals surface area contributed by atoms with E-state index >= 15 is 0 Å². The number of nitrogens with zero attached hydrogens (tertiary/aromatic N) is 3. The zero-order valence-corrected chi connectivity index (χ0v) is 8.85. The van der Waals surface area contributed by atoms with Crippen LogP contribution in [-0.2, 0) is 0 Å². The van der Waals surface area contributed by atoms with Crippen LogP contribution < -0.4 is 4.74 Å². The standard InChI is InChI=1S/C9H10ClN3O2/c1-15-9-3-2-6(10)4-7(9)8(14)5-12-13-11/h2-4,8,14H,5H2,1H3. The average Bonchev–Trinajstić information content (AvgIpc) is 2.25. The molecule has 1 atom stereocenters. The average molecular weight is 228 g/mol. The van der Waals surface area contributed by atoms with E-state index in [0.29, 0.717) is 16.3 Å². The minimum absolute atomic E-state index is 0.0484. The maximum Gasteiger partial charge on any atom is 0.124 e. The minimum Gasteiger partial charge on any atom is -0.496 e. The molecule has 15 heavy (non-hydrogen) atoms. The van der Waals surface area contributed by atoms with Crippen LogP contribution in [0.4, 0.5) is 0 Å². The molecule has 0 amide bonds. The van der Waals surface area contributed by atoms with Crippen molar-refractivity contribution in [2.24, 2.45) is 5.11 Å². The summed E-state index contributed by atoms with van der Waals surface area (Å²) in [7, 11) is 1.49. The first kappa shape index (κ1) is 11.7. The number of hydrogen-bond acceptors (Lipinski definition) is 3. The van der Waals surface area contributed by atoms with Crippen LogP contribution in [0.15, 0.2) is 23.3 Å². The van der Waals surface area contributed by atoms with Crippen molar-refractivity contribution in [3.8, 4) is 5.75 Å². The van der Waals surface area contributed by atoms with Crippen LogP contribution in [0.1, 0.15) is 11.7 Å². The van der Waals surface area contributed by atoms with Crippen molar-refractivity contribution >= 4 is 11.6 Å². The summed E-state index contributed by atoms with van der Waals surface area (Å²) in [6.45, 7) is -0.0484. The molecule has 0 bridgehead atoms. The topological polar surface area (TPSA) is 78.2 Å². The van der Waals surface area contributed by atoms with Gasteiger partial charge in [0.15, 0.2) is 0 Å². The number of methoxy groups -OCH3 is 1.